The topological polar surface area (TPSA) is 72.2 Å². The van der Waals surface area contributed by atoms with E-state index in [4.69, 9.17) is 5.73 Å². The fourth-order valence-electron chi connectivity index (χ4n) is 1.52. The lowest BCUT2D eigenvalue weighted by molar-refractivity contribution is 0.553. The smallest absolute Gasteiger partial charge is 0.264 e. The Hall–Kier alpha value is -1.19. The molecule has 0 atom stereocenters. The minimum absolute atomic E-state index is 0.209. The van der Waals surface area contributed by atoms with Crippen molar-refractivity contribution in [3.63, 3.8) is 0 Å². The summed E-state index contributed by atoms with van der Waals surface area (Å²) in [6, 6.07) is 5.88. The minimum atomic E-state index is -4.24. The average molecular weight is 442 g/mol. The average Bonchev–Trinajstić information content (AvgIpc) is 2.37. The molecule has 0 fully saturated rings. The van der Waals surface area contributed by atoms with Crippen LogP contribution in [-0.2, 0) is 10.0 Å². The van der Waals surface area contributed by atoms with Gasteiger partial charge in [-0.2, -0.15) is 0 Å². The molecule has 0 aromatic heterocycles. The summed E-state index contributed by atoms with van der Waals surface area (Å²) in [5.74, 6) is -2.24. The van der Waals surface area contributed by atoms with Gasteiger partial charge in [0.25, 0.3) is 10.0 Å². The molecule has 2 rings (SSSR count). The lowest BCUT2D eigenvalue weighted by Gasteiger charge is -2.11. The van der Waals surface area contributed by atoms with Crippen molar-refractivity contribution in [2.24, 2.45) is 0 Å². The SMILES string of the molecule is Nc1cc(S(=O)(=O)Nc2ccc(Br)cc2Br)c(F)cc1F. The molecule has 112 valence electrons. The largest absolute Gasteiger partial charge is 0.396 e. The fraction of sp³-hybridized carbons (Fsp3) is 0. The van der Waals surface area contributed by atoms with Gasteiger partial charge >= 0.3 is 0 Å². The van der Waals surface area contributed by atoms with Crippen LogP contribution in [0.2, 0.25) is 0 Å². The molecule has 2 aromatic rings. The van der Waals surface area contributed by atoms with Crippen molar-refractivity contribution >= 4 is 53.3 Å². The van der Waals surface area contributed by atoms with E-state index in [2.05, 4.69) is 36.6 Å². The van der Waals surface area contributed by atoms with Gasteiger partial charge in [-0.25, -0.2) is 17.2 Å². The van der Waals surface area contributed by atoms with Crippen LogP contribution in [0.1, 0.15) is 0 Å². The van der Waals surface area contributed by atoms with E-state index in [1.54, 1.807) is 12.1 Å². The second-order valence-electron chi connectivity index (χ2n) is 4.03. The van der Waals surface area contributed by atoms with E-state index < -0.39 is 32.2 Å². The Kier molecular flexibility index (Phi) is 4.54. The molecule has 0 heterocycles. The molecule has 0 aliphatic heterocycles. The molecule has 0 aliphatic rings. The zero-order valence-electron chi connectivity index (χ0n) is 10.2. The summed E-state index contributed by atoms with van der Waals surface area (Å²) in [7, 11) is -4.24. The Balaban J connectivity index is 2.46. The molecule has 0 amide bonds. The fourth-order valence-corrected chi connectivity index (χ4v) is 3.98. The maximum absolute atomic E-state index is 13.7. The lowest BCUT2D eigenvalue weighted by Crippen LogP contribution is -2.15. The highest BCUT2D eigenvalue weighted by atomic mass is 79.9. The number of benzene rings is 2. The van der Waals surface area contributed by atoms with Gasteiger partial charge in [-0.1, -0.05) is 15.9 Å². The first-order chi connectivity index (χ1) is 9.70. The Morgan fingerprint density at radius 2 is 1.71 bits per heavy atom. The van der Waals surface area contributed by atoms with Crippen LogP contribution in [-0.4, -0.2) is 8.42 Å². The van der Waals surface area contributed by atoms with Crippen LogP contribution < -0.4 is 10.5 Å². The van der Waals surface area contributed by atoms with E-state index >= 15 is 0 Å². The van der Waals surface area contributed by atoms with E-state index in [0.29, 0.717) is 10.5 Å². The Morgan fingerprint density at radius 1 is 1.05 bits per heavy atom. The Labute approximate surface area is 136 Å². The summed E-state index contributed by atoms with van der Waals surface area (Å²) in [5, 5.41) is 0. The van der Waals surface area contributed by atoms with Crippen LogP contribution in [0.5, 0.6) is 0 Å². The van der Waals surface area contributed by atoms with Crippen molar-refractivity contribution in [3.8, 4) is 0 Å². The van der Waals surface area contributed by atoms with Gasteiger partial charge in [0.1, 0.15) is 16.5 Å². The van der Waals surface area contributed by atoms with Gasteiger partial charge in [0.15, 0.2) is 0 Å². The van der Waals surface area contributed by atoms with Gasteiger partial charge < -0.3 is 5.73 Å². The predicted molar refractivity (Wildman–Crippen MR) is 83.4 cm³/mol. The first-order valence-corrected chi connectivity index (χ1v) is 8.50. The van der Waals surface area contributed by atoms with E-state index in [1.807, 2.05) is 0 Å². The molecule has 0 aliphatic carbocycles. The molecule has 0 saturated carbocycles. The highest BCUT2D eigenvalue weighted by Gasteiger charge is 2.22. The maximum atomic E-state index is 13.7. The van der Waals surface area contributed by atoms with E-state index in [1.165, 1.54) is 6.07 Å². The van der Waals surface area contributed by atoms with Crippen LogP contribution >= 0.6 is 31.9 Å². The molecule has 2 aromatic carbocycles. The third-order valence-corrected chi connectivity index (χ3v) is 5.05. The van der Waals surface area contributed by atoms with Crippen LogP contribution in [0, 0.1) is 11.6 Å². The predicted octanol–water partition coefficient (Wildman–Crippen LogP) is 3.87. The van der Waals surface area contributed by atoms with Crippen LogP contribution in [0.3, 0.4) is 0 Å². The van der Waals surface area contributed by atoms with E-state index in [9.17, 15) is 17.2 Å². The summed E-state index contributed by atoms with van der Waals surface area (Å²) >= 11 is 6.41. The number of nitrogen functional groups attached to an aromatic ring is 1. The normalized spacial score (nSPS) is 11.4. The molecule has 0 radical (unpaired) electrons. The second-order valence-corrected chi connectivity index (χ2v) is 7.45. The Bertz CT molecular complexity index is 813. The maximum Gasteiger partial charge on any atom is 0.264 e. The molecule has 0 spiro atoms. The number of nitrogens with two attached hydrogens (primary N) is 1. The molecule has 0 saturated heterocycles. The lowest BCUT2D eigenvalue weighted by atomic mass is 10.3. The quantitative estimate of drug-likeness (QED) is 0.710. The van der Waals surface area contributed by atoms with Crippen molar-refractivity contribution < 1.29 is 17.2 Å². The van der Waals surface area contributed by atoms with Crippen molar-refractivity contribution in [2.45, 2.75) is 4.90 Å². The number of sulfonamides is 1. The summed E-state index contributed by atoms with van der Waals surface area (Å²) < 4.78 is 54.5. The second kappa shape index (κ2) is 5.90. The van der Waals surface area contributed by atoms with Crippen LogP contribution in [0.25, 0.3) is 0 Å². The summed E-state index contributed by atoms with van der Waals surface area (Å²) in [6.07, 6.45) is 0. The van der Waals surface area contributed by atoms with Gasteiger partial charge in [-0.05, 0) is 40.2 Å². The van der Waals surface area contributed by atoms with Crippen molar-refractivity contribution in [1.29, 1.82) is 0 Å². The first-order valence-electron chi connectivity index (χ1n) is 5.43. The van der Waals surface area contributed by atoms with Gasteiger partial charge in [0.05, 0.1) is 11.4 Å². The molecule has 0 unspecified atom stereocenters. The van der Waals surface area contributed by atoms with Crippen LogP contribution in [0.15, 0.2) is 44.2 Å². The zero-order chi connectivity index (χ0) is 15.8. The summed E-state index contributed by atoms with van der Waals surface area (Å²) in [4.78, 5) is -0.726. The number of anilines is 2. The Morgan fingerprint density at radius 3 is 2.33 bits per heavy atom. The zero-order valence-corrected chi connectivity index (χ0v) is 14.2. The van der Waals surface area contributed by atoms with E-state index in [-0.39, 0.29) is 5.69 Å². The molecular formula is C12H8Br2F2N2O2S. The highest BCUT2D eigenvalue weighted by Crippen LogP contribution is 2.29. The monoisotopic (exact) mass is 440 g/mol. The van der Waals surface area contributed by atoms with Gasteiger partial charge in [-0.3, -0.25) is 4.72 Å². The summed E-state index contributed by atoms with van der Waals surface area (Å²) in [5.41, 5.74) is 5.04. The van der Waals surface area contributed by atoms with Gasteiger partial charge in [0, 0.05) is 15.0 Å². The van der Waals surface area contributed by atoms with Gasteiger partial charge in [0.2, 0.25) is 0 Å². The van der Waals surface area contributed by atoms with Gasteiger partial charge in [-0.15, -0.1) is 0 Å². The number of hydrogen-bond donors (Lipinski definition) is 2. The third-order valence-electron chi connectivity index (χ3n) is 2.52. The number of hydrogen-bond acceptors (Lipinski definition) is 3. The van der Waals surface area contributed by atoms with Crippen molar-refractivity contribution in [1.82, 2.24) is 0 Å². The standard InChI is InChI=1S/C12H8Br2F2N2O2S/c13-6-1-2-11(7(14)3-6)18-21(19,20)12-5-10(17)8(15)4-9(12)16/h1-5,18H,17H2. The number of rotatable bonds is 3. The first kappa shape index (κ1) is 16.2. The van der Waals surface area contributed by atoms with Crippen molar-refractivity contribution in [2.75, 3.05) is 10.5 Å². The number of halogens is 4. The minimum Gasteiger partial charge on any atom is -0.396 e. The molecule has 4 nitrogen and oxygen atoms in total. The molecular weight excluding hydrogens is 434 g/mol. The van der Waals surface area contributed by atoms with Crippen molar-refractivity contribution in [3.05, 3.63) is 50.9 Å². The van der Waals surface area contributed by atoms with Crippen LogP contribution in [0.4, 0.5) is 20.2 Å². The third kappa shape index (κ3) is 3.53. The summed E-state index contributed by atoms with van der Waals surface area (Å²) in [6.45, 7) is 0. The molecule has 3 N–H and O–H groups in total. The number of nitrogens with one attached hydrogen (secondary N) is 1. The molecule has 21 heavy (non-hydrogen) atoms. The molecule has 9 heteroatoms. The highest BCUT2D eigenvalue weighted by molar-refractivity contribution is 9.11. The molecule has 0 bridgehead atoms. The van der Waals surface area contributed by atoms with E-state index in [0.717, 1.165) is 10.5 Å².